The maximum atomic E-state index is 8.87. The molecular weight excluding hydrogens is 226 g/mol. The van der Waals surface area contributed by atoms with Crippen molar-refractivity contribution >= 4 is 5.82 Å². The van der Waals surface area contributed by atoms with Crippen molar-refractivity contribution < 1.29 is 5.11 Å². The van der Waals surface area contributed by atoms with Crippen LogP contribution in [0, 0.1) is 0 Å². The third-order valence-corrected chi connectivity index (χ3v) is 2.59. The molecule has 2 heterocycles. The number of nitrogens with one attached hydrogen (secondary N) is 1. The predicted molar refractivity (Wildman–Crippen MR) is 71.5 cm³/mol. The first-order chi connectivity index (χ1) is 8.88. The molecular formula is C14H17N3O. The maximum Gasteiger partial charge on any atom is 0.126 e. The fourth-order valence-corrected chi connectivity index (χ4v) is 1.70. The number of nitrogens with zero attached hydrogens (tertiary/aromatic N) is 2. The Kier molecular flexibility index (Phi) is 4.67. The molecule has 0 amide bonds. The fraction of sp³-hybridized carbons (Fsp3) is 0.286. The lowest BCUT2D eigenvalue weighted by atomic mass is 10.2. The van der Waals surface area contributed by atoms with Crippen LogP contribution in [0.25, 0.3) is 0 Å². The SMILES string of the molecule is OCCc1cccc(NCCc2ccccn2)n1. The Morgan fingerprint density at radius 1 is 1.00 bits per heavy atom. The molecule has 0 saturated carbocycles. The van der Waals surface area contributed by atoms with Gasteiger partial charge in [0.2, 0.25) is 0 Å². The van der Waals surface area contributed by atoms with Gasteiger partial charge in [-0.15, -0.1) is 0 Å². The highest BCUT2D eigenvalue weighted by Gasteiger charge is 1.98. The van der Waals surface area contributed by atoms with Crippen molar-refractivity contribution in [3.63, 3.8) is 0 Å². The smallest absolute Gasteiger partial charge is 0.126 e. The molecule has 0 bridgehead atoms. The topological polar surface area (TPSA) is 58.0 Å². The zero-order valence-corrected chi connectivity index (χ0v) is 10.2. The van der Waals surface area contributed by atoms with Gasteiger partial charge in [0.1, 0.15) is 5.82 Å². The number of rotatable bonds is 6. The van der Waals surface area contributed by atoms with Gasteiger partial charge >= 0.3 is 0 Å². The largest absolute Gasteiger partial charge is 0.396 e. The van der Waals surface area contributed by atoms with Gasteiger partial charge in [0.15, 0.2) is 0 Å². The molecule has 0 saturated heterocycles. The zero-order chi connectivity index (χ0) is 12.6. The van der Waals surface area contributed by atoms with Crippen molar-refractivity contribution in [2.45, 2.75) is 12.8 Å². The minimum Gasteiger partial charge on any atom is -0.396 e. The van der Waals surface area contributed by atoms with Gasteiger partial charge in [-0.2, -0.15) is 0 Å². The number of aliphatic hydroxyl groups is 1. The number of anilines is 1. The molecule has 2 rings (SSSR count). The van der Waals surface area contributed by atoms with Crippen LogP contribution < -0.4 is 5.32 Å². The third kappa shape index (κ3) is 3.82. The van der Waals surface area contributed by atoms with Gasteiger partial charge in [-0.25, -0.2) is 4.98 Å². The van der Waals surface area contributed by atoms with Gasteiger partial charge in [0, 0.05) is 43.6 Å². The summed E-state index contributed by atoms with van der Waals surface area (Å²) in [5.74, 6) is 0.844. The summed E-state index contributed by atoms with van der Waals surface area (Å²) in [5.41, 5.74) is 1.97. The molecule has 0 atom stereocenters. The predicted octanol–water partition coefficient (Wildman–Crippen LogP) is 1.67. The minimum absolute atomic E-state index is 0.129. The van der Waals surface area contributed by atoms with Gasteiger partial charge in [-0.05, 0) is 24.3 Å². The van der Waals surface area contributed by atoms with E-state index in [-0.39, 0.29) is 6.61 Å². The first-order valence-corrected chi connectivity index (χ1v) is 6.09. The van der Waals surface area contributed by atoms with E-state index in [0.29, 0.717) is 6.42 Å². The van der Waals surface area contributed by atoms with Crippen LogP contribution in [0.5, 0.6) is 0 Å². The van der Waals surface area contributed by atoms with E-state index in [4.69, 9.17) is 5.11 Å². The lowest BCUT2D eigenvalue weighted by molar-refractivity contribution is 0.298. The molecule has 2 aromatic heterocycles. The Hall–Kier alpha value is -1.94. The van der Waals surface area contributed by atoms with Crippen LogP contribution in [0.15, 0.2) is 42.6 Å². The van der Waals surface area contributed by atoms with E-state index in [1.807, 2.05) is 36.4 Å². The third-order valence-electron chi connectivity index (χ3n) is 2.59. The summed E-state index contributed by atoms with van der Waals surface area (Å²) >= 11 is 0. The van der Waals surface area contributed by atoms with Gasteiger partial charge in [-0.3, -0.25) is 4.98 Å². The maximum absolute atomic E-state index is 8.87. The Labute approximate surface area is 107 Å². The minimum atomic E-state index is 0.129. The lowest BCUT2D eigenvalue weighted by Crippen LogP contribution is -2.08. The molecule has 2 aromatic rings. The summed E-state index contributed by atoms with van der Waals surface area (Å²) in [6.07, 6.45) is 3.26. The zero-order valence-electron chi connectivity index (χ0n) is 10.2. The van der Waals surface area contributed by atoms with Crippen LogP contribution in [0.4, 0.5) is 5.82 Å². The molecule has 94 valence electrons. The number of hydrogen-bond donors (Lipinski definition) is 2. The van der Waals surface area contributed by atoms with Crippen molar-refractivity contribution in [3.05, 3.63) is 54.0 Å². The molecule has 0 spiro atoms. The van der Waals surface area contributed by atoms with Crippen LogP contribution in [-0.4, -0.2) is 28.2 Å². The molecule has 0 unspecified atom stereocenters. The quantitative estimate of drug-likeness (QED) is 0.810. The summed E-state index contributed by atoms with van der Waals surface area (Å²) in [7, 11) is 0. The summed E-state index contributed by atoms with van der Waals surface area (Å²) in [6.45, 7) is 0.928. The van der Waals surface area contributed by atoms with E-state index in [1.54, 1.807) is 6.20 Å². The standard InChI is InChI=1S/C14H17N3O/c18-11-8-13-5-3-6-14(17-13)16-10-7-12-4-1-2-9-15-12/h1-6,9,18H,7-8,10-11H2,(H,16,17). The normalized spacial score (nSPS) is 10.3. The molecule has 4 heteroatoms. The van der Waals surface area contributed by atoms with Gasteiger partial charge in [0.05, 0.1) is 0 Å². The second kappa shape index (κ2) is 6.71. The molecule has 18 heavy (non-hydrogen) atoms. The fourth-order valence-electron chi connectivity index (χ4n) is 1.70. The Morgan fingerprint density at radius 2 is 1.89 bits per heavy atom. The average Bonchev–Trinajstić information content (AvgIpc) is 2.41. The van der Waals surface area contributed by atoms with Crippen molar-refractivity contribution in [2.75, 3.05) is 18.5 Å². The molecule has 4 nitrogen and oxygen atoms in total. The molecule has 0 aromatic carbocycles. The van der Waals surface area contributed by atoms with Gasteiger partial charge in [0.25, 0.3) is 0 Å². The highest BCUT2D eigenvalue weighted by atomic mass is 16.3. The number of aromatic nitrogens is 2. The summed E-state index contributed by atoms with van der Waals surface area (Å²) in [6, 6.07) is 11.7. The van der Waals surface area contributed by atoms with Crippen LogP contribution >= 0.6 is 0 Å². The van der Waals surface area contributed by atoms with E-state index in [0.717, 1.165) is 30.2 Å². The van der Waals surface area contributed by atoms with Crippen molar-refractivity contribution in [1.82, 2.24) is 9.97 Å². The van der Waals surface area contributed by atoms with E-state index in [1.165, 1.54) is 0 Å². The number of hydrogen-bond acceptors (Lipinski definition) is 4. The number of aliphatic hydroxyl groups excluding tert-OH is 1. The summed E-state index contributed by atoms with van der Waals surface area (Å²) < 4.78 is 0. The molecule has 0 aliphatic heterocycles. The van der Waals surface area contributed by atoms with Crippen molar-refractivity contribution in [1.29, 1.82) is 0 Å². The van der Waals surface area contributed by atoms with E-state index >= 15 is 0 Å². The Balaban J connectivity index is 1.84. The summed E-state index contributed by atoms with van der Waals surface area (Å²) in [4.78, 5) is 8.67. The van der Waals surface area contributed by atoms with Crippen LogP contribution in [-0.2, 0) is 12.8 Å². The van der Waals surface area contributed by atoms with E-state index in [2.05, 4.69) is 15.3 Å². The highest BCUT2D eigenvalue weighted by Crippen LogP contribution is 2.05. The van der Waals surface area contributed by atoms with E-state index < -0.39 is 0 Å². The van der Waals surface area contributed by atoms with Gasteiger partial charge in [-0.1, -0.05) is 12.1 Å². The molecule has 0 aliphatic carbocycles. The first kappa shape index (κ1) is 12.5. The van der Waals surface area contributed by atoms with Crippen LogP contribution in [0.3, 0.4) is 0 Å². The molecule has 0 aliphatic rings. The first-order valence-electron chi connectivity index (χ1n) is 6.09. The van der Waals surface area contributed by atoms with E-state index in [9.17, 15) is 0 Å². The molecule has 2 N–H and O–H groups in total. The molecule has 0 fully saturated rings. The van der Waals surface area contributed by atoms with Crippen molar-refractivity contribution in [3.8, 4) is 0 Å². The van der Waals surface area contributed by atoms with Crippen LogP contribution in [0.2, 0.25) is 0 Å². The Morgan fingerprint density at radius 3 is 2.67 bits per heavy atom. The van der Waals surface area contributed by atoms with Crippen LogP contribution in [0.1, 0.15) is 11.4 Å². The summed E-state index contributed by atoms with van der Waals surface area (Å²) in [5, 5.41) is 12.1. The molecule has 0 radical (unpaired) electrons. The lowest BCUT2D eigenvalue weighted by Gasteiger charge is -2.06. The second-order valence-electron chi connectivity index (χ2n) is 3.99. The van der Waals surface area contributed by atoms with Crippen molar-refractivity contribution in [2.24, 2.45) is 0 Å². The van der Waals surface area contributed by atoms with Gasteiger partial charge < -0.3 is 10.4 Å². The Bertz CT molecular complexity index is 473. The highest BCUT2D eigenvalue weighted by molar-refractivity contribution is 5.35. The monoisotopic (exact) mass is 243 g/mol. The average molecular weight is 243 g/mol. The number of pyridine rings is 2. The second-order valence-corrected chi connectivity index (χ2v) is 3.99.